The van der Waals surface area contributed by atoms with E-state index >= 15 is 0 Å². The van der Waals surface area contributed by atoms with E-state index in [9.17, 15) is 5.11 Å². The molecule has 7 heteroatoms. The zero-order valence-corrected chi connectivity index (χ0v) is 17.0. The average Bonchev–Trinajstić information content (AvgIpc) is 3.44. The summed E-state index contributed by atoms with van der Waals surface area (Å²) >= 11 is 1.62. The first-order valence-corrected chi connectivity index (χ1v) is 10.2. The Balaban J connectivity index is 1.66. The maximum Gasteiger partial charge on any atom is 0.140 e. The van der Waals surface area contributed by atoms with Gasteiger partial charge in [0.15, 0.2) is 0 Å². The number of ether oxygens (including phenoxy) is 1. The molecular weight excluding hydrogens is 384 g/mol. The van der Waals surface area contributed by atoms with Gasteiger partial charge in [-0.25, -0.2) is 9.97 Å². The molecule has 5 aromatic rings. The van der Waals surface area contributed by atoms with E-state index in [4.69, 9.17) is 9.72 Å². The van der Waals surface area contributed by atoms with Gasteiger partial charge in [0.1, 0.15) is 16.4 Å². The second-order valence-electron chi connectivity index (χ2n) is 6.91. The highest BCUT2D eigenvalue weighted by Crippen LogP contribution is 2.38. The van der Waals surface area contributed by atoms with Gasteiger partial charge in [-0.15, -0.1) is 11.3 Å². The second kappa shape index (κ2) is 7.02. The molecule has 0 aliphatic heterocycles. The molecule has 0 aliphatic rings. The molecule has 6 nitrogen and oxygen atoms in total. The van der Waals surface area contributed by atoms with Crippen LogP contribution < -0.4 is 4.74 Å². The van der Waals surface area contributed by atoms with E-state index in [-0.39, 0.29) is 6.61 Å². The average molecular weight is 404 g/mol. The monoisotopic (exact) mass is 404 g/mol. The van der Waals surface area contributed by atoms with E-state index in [1.54, 1.807) is 18.4 Å². The number of thiazole rings is 1. The fourth-order valence-electron chi connectivity index (χ4n) is 3.80. The number of methoxy groups -OCH3 is 1. The Kier molecular flexibility index (Phi) is 4.34. The smallest absolute Gasteiger partial charge is 0.140 e. The molecule has 0 unspecified atom stereocenters. The van der Waals surface area contributed by atoms with Gasteiger partial charge in [0, 0.05) is 65.0 Å². The van der Waals surface area contributed by atoms with E-state index in [1.807, 2.05) is 42.1 Å². The molecule has 1 aromatic carbocycles. The van der Waals surface area contributed by atoms with Crippen LogP contribution in [-0.4, -0.2) is 37.9 Å². The number of aromatic nitrogens is 4. The third-order valence-corrected chi connectivity index (χ3v) is 6.05. The number of aryl methyl sites for hydroxylation is 1. The minimum Gasteiger partial charge on any atom is -0.497 e. The zero-order valence-electron chi connectivity index (χ0n) is 16.2. The maximum absolute atomic E-state index is 9.45. The van der Waals surface area contributed by atoms with Gasteiger partial charge in [-0.05, 0) is 30.3 Å². The minimum atomic E-state index is 0.0847. The lowest BCUT2D eigenvalue weighted by Crippen LogP contribution is -1.99. The van der Waals surface area contributed by atoms with E-state index in [2.05, 4.69) is 33.4 Å². The maximum atomic E-state index is 9.45. The Morgan fingerprint density at radius 1 is 1.14 bits per heavy atom. The molecule has 1 N–H and O–H groups in total. The molecule has 0 atom stereocenters. The number of fused-ring (bicyclic) bond motifs is 2. The van der Waals surface area contributed by atoms with E-state index < -0.39 is 0 Å². The Bertz CT molecular complexity index is 1330. The molecular formula is C22H20N4O2S. The number of hydrogen-bond donors (Lipinski definition) is 1. The Hall–Kier alpha value is -3.16. The summed E-state index contributed by atoms with van der Waals surface area (Å²) in [6, 6.07) is 10.0. The van der Waals surface area contributed by atoms with Crippen LogP contribution in [0.1, 0.15) is 0 Å². The molecule has 0 amide bonds. The minimum absolute atomic E-state index is 0.0847. The topological polar surface area (TPSA) is 65.1 Å². The fraction of sp³-hybridized carbons (Fsp3) is 0.182. The van der Waals surface area contributed by atoms with Gasteiger partial charge in [-0.3, -0.25) is 0 Å². The van der Waals surface area contributed by atoms with Crippen molar-refractivity contribution in [1.29, 1.82) is 0 Å². The first kappa shape index (κ1) is 17.9. The van der Waals surface area contributed by atoms with Crippen molar-refractivity contribution < 1.29 is 9.84 Å². The molecule has 4 aromatic heterocycles. The van der Waals surface area contributed by atoms with Crippen LogP contribution in [0.15, 0.2) is 54.3 Å². The summed E-state index contributed by atoms with van der Waals surface area (Å²) in [6.07, 6.45) is 5.95. The van der Waals surface area contributed by atoms with E-state index in [1.165, 1.54) is 0 Å². The number of benzene rings is 1. The molecule has 5 rings (SSSR count). The second-order valence-corrected chi connectivity index (χ2v) is 7.77. The van der Waals surface area contributed by atoms with Crippen molar-refractivity contribution in [3.05, 3.63) is 54.3 Å². The third kappa shape index (κ3) is 2.90. The summed E-state index contributed by atoms with van der Waals surface area (Å²) in [6.45, 7) is 0.622. The molecule has 29 heavy (non-hydrogen) atoms. The molecule has 0 saturated heterocycles. The molecule has 0 aliphatic carbocycles. The molecule has 146 valence electrons. The van der Waals surface area contributed by atoms with Gasteiger partial charge in [0.25, 0.3) is 0 Å². The summed E-state index contributed by atoms with van der Waals surface area (Å²) in [7, 11) is 3.67. The molecule has 0 bridgehead atoms. The number of pyridine rings is 1. The number of nitrogens with zero attached hydrogens (tertiary/aromatic N) is 4. The fourth-order valence-corrected chi connectivity index (χ4v) is 4.65. The summed E-state index contributed by atoms with van der Waals surface area (Å²) in [5.74, 6) is 0.803. The van der Waals surface area contributed by atoms with Gasteiger partial charge < -0.3 is 19.0 Å². The molecule has 0 fully saturated rings. The van der Waals surface area contributed by atoms with Crippen molar-refractivity contribution in [2.24, 2.45) is 7.05 Å². The van der Waals surface area contributed by atoms with Crippen LogP contribution in [0.2, 0.25) is 0 Å². The van der Waals surface area contributed by atoms with Gasteiger partial charge in [0.05, 0.1) is 19.4 Å². The van der Waals surface area contributed by atoms with Crippen LogP contribution in [0, 0.1) is 0 Å². The van der Waals surface area contributed by atoms with Gasteiger partial charge in [-0.2, -0.15) is 0 Å². The van der Waals surface area contributed by atoms with Crippen molar-refractivity contribution >= 4 is 33.3 Å². The van der Waals surface area contributed by atoms with Crippen LogP contribution in [0.4, 0.5) is 0 Å². The van der Waals surface area contributed by atoms with Crippen molar-refractivity contribution in [3.63, 3.8) is 0 Å². The lowest BCUT2D eigenvalue weighted by atomic mass is 10.1. The summed E-state index contributed by atoms with van der Waals surface area (Å²) < 4.78 is 9.51. The highest BCUT2D eigenvalue weighted by Gasteiger charge is 2.17. The predicted molar refractivity (Wildman–Crippen MR) is 116 cm³/mol. The van der Waals surface area contributed by atoms with Crippen molar-refractivity contribution in [1.82, 2.24) is 19.1 Å². The zero-order chi connectivity index (χ0) is 20.0. The summed E-state index contributed by atoms with van der Waals surface area (Å²) in [5, 5.41) is 14.6. The summed E-state index contributed by atoms with van der Waals surface area (Å²) in [4.78, 5) is 9.43. The van der Waals surface area contributed by atoms with E-state index in [0.29, 0.717) is 6.54 Å². The SMILES string of the molecule is COc1ccc2c(c1)c(-c1nc(-c3cn(C)c4ncccc34)cs1)cn2CCO. The normalized spacial score (nSPS) is 11.6. The van der Waals surface area contributed by atoms with Crippen molar-refractivity contribution in [2.45, 2.75) is 6.54 Å². The Morgan fingerprint density at radius 2 is 2.03 bits per heavy atom. The first-order chi connectivity index (χ1) is 14.2. The lowest BCUT2D eigenvalue weighted by molar-refractivity contribution is 0.278. The molecule has 0 saturated carbocycles. The van der Waals surface area contributed by atoms with E-state index in [0.717, 1.165) is 49.5 Å². The quantitative estimate of drug-likeness (QED) is 0.474. The lowest BCUT2D eigenvalue weighted by Gasteiger charge is -2.03. The highest BCUT2D eigenvalue weighted by molar-refractivity contribution is 7.13. The number of aliphatic hydroxyl groups excluding tert-OH is 1. The largest absolute Gasteiger partial charge is 0.497 e. The molecule has 4 heterocycles. The Morgan fingerprint density at radius 3 is 2.86 bits per heavy atom. The Labute approximate surface area is 171 Å². The summed E-state index contributed by atoms with van der Waals surface area (Å²) in [5.41, 5.74) is 5.06. The van der Waals surface area contributed by atoms with Crippen LogP contribution in [0.5, 0.6) is 5.75 Å². The predicted octanol–water partition coefficient (Wildman–Crippen LogP) is 4.32. The van der Waals surface area contributed by atoms with Gasteiger partial charge >= 0.3 is 0 Å². The van der Waals surface area contributed by atoms with Crippen LogP contribution in [-0.2, 0) is 13.6 Å². The standard InChI is InChI=1S/C22H20N4O2S/c1-25-11-17(15-4-3-7-23-21(15)25)19-13-29-22(24-19)18-12-26(8-9-27)20-6-5-14(28-2)10-16(18)20/h3-7,10-13,27H,8-9H2,1-2H3. The first-order valence-electron chi connectivity index (χ1n) is 9.33. The van der Waals surface area contributed by atoms with Crippen molar-refractivity contribution in [3.8, 4) is 27.6 Å². The van der Waals surface area contributed by atoms with Gasteiger partial charge in [-0.1, -0.05) is 0 Å². The number of hydrogen-bond acceptors (Lipinski definition) is 5. The molecule has 0 spiro atoms. The number of rotatable bonds is 5. The van der Waals surface area contributed by atoms with Crippen LogP contribution in [0.25, 0.3) is 43.8 Å². The van der Waals surface area contributed by atoms with Crippen LogP contribution >= 0.6 is 11.3 Å². The van der Waals surface area contributed by atoms with Gasteiger partial charge in [0.2, 0.25) is 0 Å². The number of aliphatic hydroxyl groups is 1. The third-order valence-electron chi connectivity index (χ3n) is 5.17. The van der Waals surface area contributed by atoms with Crippen LogP contribution in [0.3, 0.4) is 0 Å². The molecule has 0 radical (unpaired) electrons. The highest BCUT2D eigenvalue weighted by atomic mass is 32.1. The van der Waals surface area contributed by atoms with Crippen molar-refractivity contribution in [2.75, 3.05) is 13.7 Å².